The minimum Gasteiger partial charge on any atom is -0.481 e. The van der Waals surface area contributed by atoms with Gasteiger partial charge in [-0.3, -0.25) is 4.79 Å². The Labute approximate surface area is 123 Å². The smallest absolute Gasteiger partial charge is 0.305 e. The van der Waals surface area contributed by atoms with Crippen molar-refractivity contribution in [3.8, 4) is 0 Å². The Morgan fingerprint density at radius 1 is 1.05 bits per heavy atom. The SMILES string of the molecule is O=C(O)CCN(Cc1ccccc1Cl)c1ccccc1. The molecule has 20 heavy (non-hydrogen) atoms. The van der Waals surface area contributed by atoms with Gasteiger partial charge in [0.2, 0.25) is 0 Å². The summed E-state index contributed by atoms with van der Waals surface area (Å²) in [6.45, 7) is 1.04. The zero-order chi connectivity index (χ0) is 14.4. The minimum absolute atomic E-state index is 0.0966. The number of benzene rings is 2. The zero-order valence-electron chi connectivity index (χ0n) is 11.0. The maximum atomic E-state index is 10.8. The van der Waals surface area contributed by atoms with E-state index in [-0.39, 0.29) is 6.42 Å². The van der Waals surface area contributed by atoms with Crippen molar-refractivity contribution in [2.24, 2.45) is 0 Å². The van der Waals surface area contributed by atoms with Gasteiger partial charge < -0.3 is 10.0 Å². The molecule has 0 spiro atoms. The molecule has 0 radical (unpaired) electrons. The maximum Gasteiger partial charge on any atom is 0.305 e. The summed E-state index contributed by atoms with van der Waals surface area (Å²) in [5.41, 5.74) is 1.98. The van der Waals surface area contributed by atoms with E-state index in [4.69, 9.17) is 16.7 Å². The first-order valence-corrected chi connectivity index (χ1v) is 6.80. The van der Waals surface area contributed by atoms with E-state index in [2.05, 4.69) is 0 Å². The second kappa shape index (κ2) is 6.96. The van der Waals surface area contributed by atoms with E-state index in [1.165, 1.54) is 0 Å². The Morgan fingerprint density at radius 3 is 2.35 bits per heavy atom. The Hall–Kier alpha value is -2.00. The largest absolute Gasteiger partial charge is 0.481 e. The maximum absolute atomic E-state index is 10.8. The molecule has 2 rings (SSSR count). The third-order valence-electron chi connectivity index (χ3n) is 3.04. The Kier molecular flexibility index (Phi) is 5.02. The molecule has 0 aliphatic rings. The van der Waals surface area contributed by atoms with Crippen LogP contribution in [0.5, 0.6) is 0 Å². The predicted octanol–water partition coefficient (Wildman–Crippen LogP) is 3.82. The van der Waals surface area contributed by atoms with E-state index in [1.807, 2.05) is 59.5 Å². The topological polar surface area (TPSA) is 40.5 Å². The van der Waals surface area contributed by atoms with Crippen LogP contribution in [0, 0.1) is 0 Å². The summed E-state index contributed by atoms with van der Waals surface area (Å²) < 4.78 is 0. The van der Waals surface area contributed by atoms with E-state index in [9.17, 15) is 4.79 Å². The molecule has 0 saturated carbocycles. The van der Waals surface area contributed by atoms with Crippen molar-refractivity contribution in [2.45, 2.75) is 13.0 Å². The summed E-state index contributed by atoms with van der Waals surface area (Å²) in [6.07, 6.45) is 0.0966. The van der Waals surface area contributed by atoms with Crippen LogP contribution in [-0.2, 0) is 11.3 Å². The fourth-order valence-corrected chi connectivity index (χ4v) is 2.20. The predicted molar refractivity (Wildman–Crippen MR) is 81.2 cm³/mol. The van der Waals surface area contributed by atoms with Crippen LogP contribution in [0.4, 0.5) is 5.69 Å². The van der Waals surface area contributed by atoms with Crippen molar-refractivity contribution < 1.29 is 9.90 Å². The highest BCUT2D eigenvalue weighted by molar-refractivity contribution is 6.31. The number of hydrogen-bond donors (Lipinski definition) is 1. The lowest BCUT2D eigenvalue weighted by Gasteiger charge is -2.24. The number of rotatable bonds is 6. The fraction of sp³-hybridized carbons (Fsp3) is 0.188. The van der Waals surface area contributed by atoms with Crippen molar-refractivity contribution in [1.29, 1.82) is 0 Å². The van der Waals surface area contributed by atoms with Gasteiger partial charge in [-0.05, 0) is 23.8 Å². The molecule has 0 atom stereocenters. The lowest BCUT2D eigenvalue weighted by Crippen LogP contribution is -2.25. The summed E-state index contributed by atoms with van der Waals surface area (Å²) in [5.74, 6) is -0.801. The Morgan fingerprint density at radius 2 is 1.70 bits per heavy atom. The molecule has 3 nitrogen and oxygen atoms in total. The standard InChI is InChI=1S/C16H16ClNO2/c17-15-9-5-4-6-13(15)12-18(11-10-16(19)20)14-7-2-1-3-8-14/h1-9H,10-12H2,(H,19,20). The fourth-order valence-electron chi connectivity index (χ4n) is 2.00. The number of carbonyl (C=O) groups is 1. The van der Waals surface area contributed by atoms with Gasteiger partial charge in [-0.2, -0.15) is 0 Å². The lowest BCUT2D eigenvalue weighted by atomic mass is 10.2. The molecule has 0 aliphatic carbocycles. The summed E-state index contributed by atoms with van der Waals surface area (Å²) >= 11 is 6.18. The molecule has 0 fully saturated rings. The van der Waals surface area contributed by atoms with Gasteiger partial charge in [0.15, 0.2) is 0 Å². The average Bonchev–Trinajstić information content (AvgIpc) is 2.46. The first-order valence-electron chi connectivity index (χ1n) is 6.42. The van der Waals surface area contributed by atoms with Gasteiger partial charge in [0.1, 0.15) is 0 Å². The molecule has 2 aromatic carbocycles. The number of carboxylic acid groups (broad SMARTS) is 1. The average molecular weight is 290 g/mol. The van der Waals surface area contributed by atoms with Crippen LogP contribution < -0.4 is 4.90 Å². The van der Waals surface area contributed by atoms with Crippen molar-refractivity contribution >= 4 is 23.3 Å². The van der Waals surface area contributed by atoms with Crippen molar-refractivity contribution in [3.05, 3.63) is 65.2 Å². The van der Waals surface area contributed by atoms with Crippen LogP contribution in [0.2, 0.25) is 5.02 Å². The third-order valence-corrected chi connectivity index (χ3v) is 3.40. The quantitative estimate of drug-likeness (QED) is 0.879. The third kappa shape index (κ3) is 4.00. The number of carboxylic acids is 1. The molecule has 1 N–H and O–H groups in total. The van der Waals surface area contributed by atoms with E-state index in [0.717, 1.165) is 11.3 Å². The Balaban J connectivity index is 2.18. The van der Waals surface area contributed by atoms with Crippen LogP contribution in [0.1, 0.15) is 12.0 Å². The molecule has 0 saturated heterocycles. The second-order valence-electron chi connectivity index (χ2n) is 4.49. The number of halogens is 1. The highest BCUT2D eigenvalue weighted by Gasteiger charge is 2.10. The first-order chi connectivity index (χ1) is 9.66. The van der Waals surface area contributed by atoms with Crippen LogP contribution in [0.3, 0.4) is 0 Å². The Bertz CT molecular complexity index is 572. The number of anilines is 1. The van der Waals surface area contributed by atoms with Gasteiger partial charge >= 0.3 is 5.97 Å². The van der Waals surface area contributed by atoms with Gasteiger partial charge in [-0.25, -0.2) is 0 Å². The van der Waals surface area contributed by atoms with Crippen molar-refractivity contribution in [2.75, 3.05) is 11.4 Å². The number of para-hydroxylation sites is 1. The van der Waals surface area contributed by atoms with Crippen molar-refractivity contribution in [3.63, 3.8) is 0 Å². The van der Waals surface area contributed by atoms with E-state index >= 15 is 0 Å². The monoisotopic (exact) mass is 289 g/mol. The number of hydrogen-bond acceptors (Lipinski definition) is 2. The van der Waals surface area contributed by atoms with Crippen LogP contribution in [0.15, 0.2) is 54.6 Å². The molecular formula is C16H16ClNO2. The van der Waals surface area contributed by atoms with E-state index in [1.54, 1.807) is 0 Å². The van der Waals surface area contributed by atoms with Crippen LogP contribution >= 0.6 is 11.6 Å². The minimum atomic E-state index is -0.801. The van der Waals surface area contributed by atoms with E-state index < -0.39 is 5.97 Å². The molecule has 4 heteroatoms. The van der Waals surface area contributed by atoms with Crippen LogP contribution in [-0.4, -0.2) is 17.6 Å². The van der Waals surface area contributed by atoms with Gasteiger partial charge in [-0.1, -0.05) is 48.0 Å². The van der Waals surface area contributed by atoms with Crippen LogP contribution in [0.25, 0.3) is 0 Å². The van der Waals surface area contributed by atoms with Crippen molar-refractivity contribution in [1.82, 2.24) is 0 Å². The summed E-state index contributed by atoms with van der Waals surface area (Å²) in [7, 11) is 0. The highest BCUT2D eigenvalue weighted by Crippen LogP contribution is 2.21. The molecule has 0 bridgehead atoms. The molecule has 0 aromatic heterocycles. The summed E-state index contributed by atoms with van der Waals surface area (Å²) in [4.78, 5) is 12.8. The number of nitrogens with zero attached hydrogens (tertiary/aromatic N) is 1. The normalized spacial score (nSPS) is 10.2. The molecule has 104 valence electrons. The zero-order valence-corrected chi connectivity index (χ0v) is 11.8. The molecular weight excluding hydrogens is 274 g/mol. The van der Waals surface area contributed by atoms with Gasteiger partial charge in [-0.15, -0.1) is 0 Å². The lowest BCUT2D eigenvalue weighted by molar-refractivity contribution is -0.136. The highest BCUT2D eigenvalue weighted by atomic mass is 35.5. The van der Waals surface area contributed by atoms with E-state index in [0.29, 0.717) is 18.1 Å². The molecule has 0 heterocycles. The van der Waals surface area contributed by atoms with Gasteiger partial charge in [0.25, 0.3) is 0 Å². The summed E-state index contributed by atoms with van der Waals surface area (Å²) in [5, 5.41) is 9.58. The first kappa shape index (κ1) is 14.4. The molecule has 0 unspecified atom stereocenters. The molecule has 0 aliphatic heterocycles. The van der Waals surface area contributed by atoms with Gasteiger partial charge in [0, 0.05) is 23.8 Å². The molecule has 0 amide bonds. The summed E-state index contributed by atoms with van der Waals surface area (Å²) in [6, 6.07) is 17.4. The van der Waals surface area contributed by atoms with Gasteiger partial charge in [0.05, 0.1) is 6.42 Å². The molecule has 2 aromatic rings. The number of aliphatic carboxylic acids is 1. The second-order valence-corrected chi connectivity index (χ2v) is 4.90.